The lowest BCUT2D eigenvalue weighted by Gasteiger charge is -2.26. The highest BCUT2D eigenvalue weighted by Crippen LogP contribution is 2.22. The zero-order valence-corrected chi connectivity index (χ0v) is 14.9. The summed E-state index contributed by atoms with van der Waals surface area (Å²) in [5.41, 5.74) is 0.794. The topological polar surface area (TPSA) is 111 Å². The van der Waals surface area contributed by atoms with E-state index >= 15 is 0 Å². The second-order valence-electron chi connectivity index (χ2n) is 6.30. The van der Waals surface area contributed by atoms with Crippen LogP contribution in [0, 0.1) is 6.92 Å². The lowest BCUT2D eigenvalue weighted by atomic mass is 10.2. The highest BCUT2D eigenvalue weighted by molar-refractivity contribution is 7.91. The van der Waals surface area contributed by atoms with Crippen molar-refractivity contribution in [2.24, 2.45) is 0 Å². The van der Waals surface area contributed by atoms with Crippen molar-refractivity contribution in [3.8, 4) is 0 Å². The Labute approximate surface area is 149 Å². The molecule has 1 aliphatic heterocycles. The fourth-order valence-electron chi connectivity index (χ4n) is 3.08. The van der Waals surface area contributed by atoms with E-state index in [1.807, 2.05) is 6.92 Å². The van der Waals surface area contributed by atoms with Crippen LogP contribution >= 0.6 is 0 Å². The first-order valence-corrected chi connectivity index (χ1v) is 9.97. The first-order valence-electron chi connectivity index (χ1n) is 8.15. The molecule has 0 N–H and O–H groups in total. The first kappa shape index (κ1) is 16.7. The summed E-state index contributed by atoms with van der Waals surface area (Å²) in [5.74, 6) is 0.449. The minimum absolute atomic E-state index is 0.0114. The van der Waals surface area contributed by atoms with Crippen molar-refractivity contribution in [3.05, 3.63) is 47.9 Å². The van der Waals surface area contributed by atoms with E-state index in [4.69, 9.17) is 4.42 Å². The number of fused-ring (bicyclic) bond motifs is 1. The molecule has 4 rings (SSSR count). The van der Waals surface area contributed by atoms with Crippen molar-refractivity contribution >= 4 is 21.5 Å². The van der Waals surface area contributed by atoms with Gasteiger partial charge in [0.25, 0.3) is 11.7 Å². The number of carbonyl (C=O) groups is 1. The molecule has 4 heterocycles. The standard InChI is InChI=1S/C16H17N5O4S/c1-11-4-6-17-16-18-14(19-21(11)16)15(22)20(9-13-3-2-7-25-13)12-5-8-26(23,24)10-12/h2-4,6-7,12H,5,8-10H2,1H3/t12-/m1/s1. The number of aryl methyl sites for hydroxylation is 1. The Balaban J connectivity index is 1.69. The van der Waals surface area contributed by atoms with E-state index in [0.717, 1.165) is 5.69 Å². The van der Waals surface area contributed by atoms with Crippen molar-refractivity contribution in [3.63, 3.8) is 0 Å². The van der Waals surface area contributed by atoms with Crippen LogP contribution in [-0.4, -0.2) is 56.4 Å². The Morgan fingerprint density at radius 3 is 2.92 bits per heavy atom. The summed E-state index contributed by atoms with van der Waals surface area (Å²) in [5, 5.41) is 4.24. The first-order chi connectivity index (χ1) is 12.4. The van der Waals surface area contributed by atoms with E-state index in [2.05, 4.69) is 15.1 Å². The van der Waals surface area contributed by atoms with E-state index in [1.165, 1.54) is 15.7 Å². The molecule has 1 amide bonds. The van der Waals surface area contributed by atoms with Gasteiger partial charge in [-0.3, -0.25) is 4.79 Å². The van der Waals surface area contributed by atoms with Gasteiger partial charge in [-0.15, -0.1) is 5.10 Å². The molecule has 0 saturated carbocycles. The zero-order chi connectivity index (χ0) is 18.3. The van der Waals surface area contributed by atoms with Crippen LogP contribution in [0.4, 0.5) is 0 Å². The largest absolute Gasteiger partial charge is 0.467 e. The molecule has 0 aliphatic carbocycles. The summed E-state index contributed by atoms with van der Waals surface area (Å²) < 4.78 is 30.6. The predicted molar refractivity (Wildman–Crippen MR) is 91.2 cm³/mol. The van der Waals surface area contributed by atoms with Gasteiger partial charge in [0, 0.05) is 17.9 Å². The van der Waals surface area contributed by atoms with Crippen molar-refractivity contribution < 1.29 is 17.6 Å². The van der Waals surface area contributed by atoms with Crippen LogP contribution in [0.2, 0.25) is 0 Å². The average molecular weight is 375 g/mol. The smallest absolute Gasteiger partial charge is 0.294 e. The molecule has 3 aromatic heterocycles. The van der Waals surface area contributed by atoms with Crippen molar-refractivity contribution in [2.75, 3.05) is 11.5 Å². The number of hydrogen-bond donors (Lipinski definition) is 0. The Bertz CT molecular complexity index is 1060. The summed E-state index contributed by atoms with van der Waals surface area (Å²) in [7, 11) is -3.15. The van der Waals surface area contributed by atoms with Crippen LogP contribution in [0.25, 0.3) is 5.78 Å². The molecule has 10 heteroatoms. The second kappa shape index (κ2) is 6.20. The van der Waals surface area contributed by atoms with Crippen LogP contribution in [0.15, 0.2) is 35.1 Å². The van der Waals surface area contributed by atoms with E-state index in [1.54, 1.807) is 24.4 Å². The lowest BCUT2D eigenvalue weighted by Crippen LogP contribution is -2.41. The Hall–Kier alpha value is -2.75. The third-order valence-corrected chi connectivity index (χ3v) is 6.19. The molecule has 0 spiro atoms. The molecule has 0 bridgehead atoms. The number of sulfone groups is 1. The van der Waals surface area contributed by atoms with Crippen LogP contribution < -0.4 is 0 Å². The number of rotatable bonds is 4. The molecular formula is C16H17N5O4S. The number of nitrogens with zero attached hydrogens (tertiary/aromatic N) is 5. The summed E-state index contributed by atoms with van der Waals surface area (Å²) in [6, 6.07) is 4.80. The SMILES string of the molecule is Cc1ccnc2nc(C(=O)N(Cc3ccco3)[C@@H]3CCS(=O)(=O)C3)nn12. The average Bonchev–Trinajstić information content (AvgIpc) is 3.31. The van der Waals surface area contributed by atoms with Crippen LogP contribution in [0.5, 0.6) is 0 Å². The summed E-state index contributed by atoms with van der Waals surface area (Å²) in [6.45, 7) is 2.00. The van der Waals surface area contributed by atoms with Crippen LogP contribution in [0.3, 0.4) is 0 Å². The van der Waals surface area contributed by atoms with Gasteiger partial charge in [0.2, 0.25) is 5.82 Å². The molecule has 0 radical (unpaired) electrons. The fraction of sp³-hybridized carbons (Fsp3) is 0.375. The maximum atomic E-state index is 13.1. The zero-order valence-electron chi connectivity index (χ0n) is 14.1. The molecule has 136 valence electrons. The maximum Gasteiger partial charge on any atom is 0.294 e. The number of hydrogen-bond acceptors (Lipinski definition) is 7. The quantitative estimate of drug-likeness (QED) is 0.665. The van der Waals surface area contributed by atoms with Gasteiger partial charge in [0.15, 0.2) is 9.84 Å². The molecule has 26 heavy (non-hydrogen) atoms. The molecule has 0 unspecified atom stereocenters. The van der Waals surface area contributed by atoms with Crippen molar-refractivity contribution in [1.29, 1.82) is 0 Å². The molecule has 0 aromatic carbocycles. The Morgan fingerprint density at radius 1 is 1.42 bits per heavy atom. The minimum Gasteiger partial charge on any atom is -0.467 e. The summed E-state index contributed by atoms with van der Waals surface area (Å²) in [6.07, 6.45) is 3.50. The van der Waals surface area contributed by atoms with Crippen molar-refractivity contribution in [2.45, 2.75) is 25.9 Å². The monoisotopic (exact) mass is 375 g/mol. The van der Waals surface area contributed by atoms with E-state index < -0.39 is 21.8 Å². The van der Waals surface area contributed by atoms with Crippen LogP contribution in [-0.2, 0) is 16.4 Å². The van der Waals surface area contributed by atoms with Gasteiger partial charge in [-0.1, -0.05) is 0 Å². The van der Waals surface area contributed by atoms with E-state index in [9.17, 15) is 13.2 Å². The van der Waals surface area contributed by atoms with E-state index in [0.29, 0.717) is 18.0 Å². The van der Waals surface area contributed by atoms with E-state index in [-0.39, 0.29) is 23.9 Å². The van der Waals surface area contributed by atoms with Gasteiger partial charge in [0.1, 0.15) is 5.76 Å². The van der Waals surface area contributed by atoms with Gasteiger partial charge in [0.05, 0.1) is 24.3 Å². The van der Waals surface area contributed by atoms with Gasteiger partial charge < -0.3 is 9.32 Å². The Kier molecular flexibility index (Phi) is 3.98. The van der Waals surface area contributed by atoms with Gasteiger partial charge >= 0.3 is 0 Å². The summed E-state index contributed by atoms with van der Waals surface area (Å²) >= 11 is 0. The molecule has 1 saturated heterocycles. The molecule has 1 fully saturated rings. The number of furan rings is 1. The highest BCUT2D eigenvalue weighted by atomic mass is 32.2. The molecule has 9 nitrogen and oxygen atoms in total. The summed E-state index contributed by atoms with van der Waals surface area (Å²) in [4.78, 5) is 22.9. The maximum absolute atomic E-state index is 13.1. The van der Waals surface area contributed by atoms with Crippen molar-refractivity contribution in [1.82, 2.24) is 24.5 Å². The molecular weight excluding hydrogens is 358 g/mol. The molecule has 1 atom stereocenters. The number of amides is 1. The minimum atomic E-state index is -3.15. The molecule has 1 aliphatic rings. The third-order valence-electron chi connectivity index (χ3n) is 4.44. The lowest BCUT2D eigenvalue weighted by molar-refractivity contribution is 0.0653. The van der Waals surface area contributed by atoms with Gasteiger partial charge in [-0.2, -0.15) is 4.98 Å². The predicted octanol–water partition coefficient (Wildman–Crippen LogP) is 0.855. The number of carbonyl (C=O) groups excluding carboxylic acids is 1. The highest BCUT2D eigenvalue weighted by Gasteiger charge is 2.36. The normalized spacial score (nSPS) is 19.0. The fourth-order valence-corrected chi connectivity index (χ4v) is 4.81. The van der Waals surface area contributed by atoms with Gasteiger partial charge in [-0.25, -0.2) is 17.9 Å². The van der Waals surface area contributed by atoms with Crippen LogP contribution in [0.1, 0.15) is 28.5 Å². The van der Waals surface area contributed by atoms with Gasteiger partial charge in [-0.05, 0) is 31.5 Å². The third kappa shape index (κ3) is 3.07. The second-order valence-corrected chi connectivity index (χ2v) is 8.53. The molecule has 3 aromatic rings. The number of aromatic nitrogens is 4. The Morgan fingerprint density at radius 2 is 2.27 bits per heavy atom.